The molecule has 1 N–H and O–H groups in total. The number of carboxylic acid groups (broad SMARTS) is 1. The van der Waals surface area contributed by atoms with Crippen molar-refractivity contribution in [2.75, 3.05) is 27.4 Å². The number of methoxy groups -OCH3 is 2. The van der Waals surface area contributed by atoms with E-state index in [9.17, 15) is 14.4 Å². The number of aliphatic carboxylic acids is 1. The number of esters is 2. The average molecular weight is 533 g/mol. The number of halogens is 1. The molecule has 0 spiro atoms. The molecule has 1 heterocycles. The summed E-state index contributed by atoms with van der Waals surface area (Å²) in [6.07, 6.45) is 0. The van der Waals surface area contributed by atoms with Crippen molar-refractivity contribution in [1.29, 1.82) is 0 Å². The minimum absolute atomic E-state index is 0.105. The summed E-state index contributed by atoms with van der Waals surface area (Å²) < 4.78 is 22.5. The minimum Gasteiger partial charge on any atom is -0.490 e. The molecule has 0 saturated heterocycles. The van der Waals surface area contributed by atoms with E-state index < -0.39 is 24.5 Å². The first-order valence-electron chi connectivity index (χ1n) is 9.98. The third-order valence-corrected chi connectivity index (χ3v) is 5.17. The van der Waals surface area contributed by atoms with Crippen molar-refractivity contribution >= 4 is 33.8 Å². The summed E-state index contributed by atoms with van der Waals surface area (Å²) >= 11 is 3.37. The molecule has 2 aromatic carbocycles. The lowest BCUT2D eigenvalue weighted by Crippen LogP contribution is -2.15. The van der Waals surface area contributed by atoms with Crippen LogP contribution < -0.4 is 9.47 Å². The van der Waals surface area contributed by atoms with E-state index in [1.807, 2.05) is 0 Å². The summed E-state index contributed by atoms with van der Waals surface area (Å²) in [5.41, 5.74) is 0.813. The van der Waals surface area contributed by atoms with E-state index in [4.69, 9.17) is 24.1 Å². The number of aromatic nitrogens is 2. The molecule has 1 aromatic heterocycles. The molecular formula is C23H21BrN2O8. The largest absolute Gasteiger partial charge is 0.490 e. The molecule has 11 heteroatoms. The van der Waals surface area contributed by atoms with Gasteiger partial charge in [0.05, 0.1) is 31.0 Å². The zero-order valence-corrected chi connectivity index (χ0v) is 20.1. The van der Waals surface area contributed by atoms with Gasteiger partial charge in [-0.05, 0) is 47.1 Å². The van der Waals surface area contributed by atoms with E-state index in [-0.39, 0.29) is 35.1 Å². The Labute approximate surface area is 203 Å². The van der Waals surface area contributed by atoms with Crippen LogP contribution in [0.4, 0.5) is 0 Å². The van der Waals surface area contributed by atoms with Crippen LogP contribution in [0.5, 0.6) is 11.5 Å². The highest BCUT2D eigenvalue weighted by atomic mass is 79.9. The van der Waals surface area contributed by atoms with Gasteiger partial charge in [-0.15, -0.1) is 0 Å². The van der Waals surface area contributed by atoms with Gasteiger partial charge in [0.1, 0.15) is 11.3 Å². The van der Waals surface area contributed by atoms with Gasteiger partial charge in [-0.25, -0.2) is 19.1 Å². The highest BCUT2D eigenvalue weighted by molar-refractivity contribution is 9.10. The summed E-state index contributed by atoms with van der Waals surface area (Å²) in [6.45, 7) is 1.43. The van der Waals surface area contributed by atoms with E-state index in [2.05, 4.69) is 21.0 Å². The fourth-order valence-electron chi connectivity index (χ4n) is 3.20. The van der Waals surface area contributed by atoms with E-state index >= 15 is 0 Å². The van der Waals surface area contributed by atoms with E-state index in [0.29, 0.717) is 15.7 Å². The molecule has 0 aliphatic rings. The van der Waals surface area contributed by atoms with Crippen molar-refractivity contribution in [3.05, 3.63) is 58.2 Å². The smallest absolute Gasteiger partial charge is 0.357 e. The third-order valence-electron chi connectivity index (χ3n) is 4.58. The van der Waals surface area contributed by atoms with Crippen LogP contribution in [0.25, 0.3) is 16.9 Å². The Kier molecular flexibility index (Phi) is 7.90. The van der Waals surface area contributed by atoms with Crippen LogP contribution >= 0.6 is 15.9 Å². The Hall–Kier alpha value is -3.86. The maximum atomic E-state index is 12.8. The Morgan fingerprint density at radius 2 is 1.71 bits per heavy atom. The normalized spacial score (nSPS) is 10.5. The van der Waals surface area contributed by atoms with Crippen LogP contribution in [0.3, 0.4) is 0 Å². The van der Waals surface area contributed by atoms with Crippen molar-refractivity contribution < 1.29 is 38.4 Å². The predicted molar refractivity (Wildman–Crippen MR) is 124 cm³/mol. The summed E-state index contributed by atoms with van der Waals surface area (Å²) in [6, 6.07) is 11.9. The highest BCUT2D eigenvalue weighted by Crippen LogP contribution is 2.41. The summed E-state index contributed by atoms with van der Waals surface area (Å²) in [5, 5.41) is 13.5. The van der Waals surface area contributed by atoms with Crippen LogP contribution in [0.15, 0.2) is 46.9 Å². The van der Waals surface area contributed by atoms with Crippen LogP contribution in [0, 0.1) is 0 Å². The first kappa shape index (κ1) is 24.8. The maximum Gasteiger partial charge on any atom is 0.357 e. The van der Waals surface area contributed by atoms with Crippen LogP contribution in [0.1, 0.15) is 27.8 Å². The second-order valence-electron chi connectivity index (χ2n) is 6.70. The minimum atomic E-state index is -1.16. The Morgan fingerprint density at radius 3 is 2.29 bits per heavy atom. The van der Waals surface area contributed by atoms with Gasteiger partial charge in [0.25, 0.3) is 0 Å². The topological polar surface area (TPSA) is 126 Å². The van der Waals surface area contributed by atoms with Crippen molar-refractivity contribution in [2.24, 2.45) is 0 Å². The molecule has 0 amide bonds. The molecule has 34 heavy (non-hydrogen) atoms. The molecule has 0 unspecified atom stereocenters. The molecule has 0 bridgehead atoms. The lowest BCUT2D eigenvalue weighted by molar-refractivity contribution is -0.139. The molecule has 10 nitrogen and oxygen atoms in total. The van der Waals surface area contributed by atoms with Gasteiger partial charge in [-0.3, -0.25) is 0 Å². The highest BCUT2D eigenvalue weighted by Gasteiger charge is 2.32. The number of carbonyl (C=O) groups excluding carboxylic acids is 2. The van der Waals surface area contributed by atoms with Gasteiger partial charge >= 0.3 is 17.9 Å². The Balaban J connectivity index is 2.30. The fourth-order valence-corrected chi connectivity index (χ4v) is 3.75. The van der Waals surface area contributed by atoms with Gasteiger partial charge in [0.2, 0.25) is 0 Å². The molecule has 0 radical (unpaired) electrons. The van der Waals surface area contributed by atoms with Crippen molar-refractivity contribution in [2.45, 2.75) is 6.92 Å². The third kappa shape index (κ3) is 5.04. The van der Waals surface area contributed by atoms with Gasteiger partial charge in [0.15, 0.2) is 23.8 Å². The molecular weight excluding hydrogens is 512 g/mol. The van der Waals surface area contributed by atoms with Crippen molar-refractivity contribution in [1.82, 2.24) is 9.78 Å². The SMILES string of the molecule is CCOc1cc(-c2nn(-c3ccccc3)c(C(=O)OC)c2C(=O)OC)cc(Br)c1OCC(=O)O. The lowest BCUT2D eigenvalue weighted by atomic mass is 10.0. The molecule has 0 atom stereocenters. The average Bonchev–Trinajstić information content (AvgIpc) is 3.23. The Bertz CT molecular complexity index is 1220. The number of benzene rings is 2. The Morgan fingerprint density at radius 1 is 1.03 bits per heavy atom. The monoisotopic (exact) mass is 532 g/mol. The zero-order chi connectivity index (χ0) is 24.8. The van der Waals surface area contributed by atoms with Crippen LogP contribution in [0.2, 0.25) is 0 Å². The van der Waals surface area contributed by atoms with Gasteiger partial charge < -0.3 is 24.1 Å². The zero-order valence-electron chi connectivity index (χ0n) is 18.5. The molecule has 0 saturated carbocycles. The van der Waals surface area contributed by atoms with Gasteiger partial charge in [-0.2, -0.15) is 5.10 Å². The van der Waals surface area contributed by atoms with Gasteiger partial charge in [-0.1, -0.05) is 18.2 Å². The number of para-hydroxylation sites is 1. The van der Waals surface area contributed by atoms with Crippen molar-refractivity contribution in [3.8, 4) is 28.4 Å². The molecule has 178 valence electrons. The number of ether oxygens (including phenoxy) is 4. The second kappa shape index (κ2) is 10.8. The van der Waals surface area contributed by atoms with E-state index in [1.165, 1.54) is 25.0 Å². The molecule has 0 fully saturated rings. The van der Waals surface area contributed by atoms with E-state index in [1.54, 1.807) is 43.3 Å². The molecule has 3 rings (SSSR count). The van der Waals surface area contributed by atoms with E-state index in [0.717, 1.165) is 0 Å². The van der Waals surface area contributed by atoms with Crippen LogP contribution in [-0.2, 0) is 14.3 Å². The first-order valence-corrected chi connectivity index (χ1v) is 10.8. The second-order valence-corrected chi connectivity index (χ2v) is 7.56. The predicted octanol–water partition coefficient (Wildman–Crippen LogP) is 3.74. The molecule has 3 aromatic rings. The number of hydrogen-bond acceptors (Lipinski definition) is 8. The standard InChI is InChI=1S/C23H21BrN2O8/c1-4-33-16-11-13(10-15(24)21(16)34-12-17(27)28)19-18(22(29)31-2)20(23(30)32-3)26(25-19)14-8-6-5-7-9-14/h5-11H,4,12H2,1-3H3,(H,27,28). The first-order chi connectivity index (χ1) is 16.3. The number of rotatable bonds is 9. The van der Waals surface area contributed by atoms with Gasteiger partial charge in [0, 0.05) is 5.56 Å². The summed E-state index contributed by atoms with van der Waals surface area (Å²) in [4.78, 5) is 36.5. The molecule has 0 aliphatic heterocycles. The number of carbonyl (C=O) groups is 3. The number of nitrogens with zero attached hydrogens (tertiary/aromatic N) is 2. The lowest BCUT2D eigenvalue weighted by Gasteiger charge is -2.14. The maximum absolute atomic E-state index is 12.8. The number of hydrogen-bond donors (Lipinski definition) is 1. The summed E-state index contributed by atoms with van der Waals surface area (Å²) in [7, 11) is 2.39. The van der Waals surface area contributed by atoms with Crippen LogP contribution in [-0.4, -0.2) is 60.2 Å². The van der Waals surface area contributed by atoms with Crippen molar-refractivity contribution in [3.63, 3.8) is 0 Å². The molecule has 0 aliphatic carbocycles. The number of carboxylic acids is 1. The summed E-state index contributed by atoms with van der Waals surface area (Å²) in [5.74, 6) is -2.34. The quantitative estimate of drug-likeness (QED) is 0.410. The fraction of sp³-hybridized carbons (Fsp3) is 0.217.